The number of carbonyl (C=O) groups excluding carboxylic acids is 1. The summed E-state index contributed by atoms with van der Waals surface area (Å²) in [6.45, 7) is 0.343. The van der Waals surface area contributed by atoms with Gasteiger partial charge in [0.2, 0.25) is 0 Å². The lowest BCUT2D eigenvalue weighted by molar-refractivity contribution is 0.0425. The maximum absolute atomic E-state index is 12.1. The molecule has 0 amide bonds. The summed E-state index contributed by atoms with van der Waals surface area (Å²) >= 11 is 1.40. The second-order valence-corrected chi connectivity index (χ2v) is 6.40. The molecule has 1 aromatic heterocycles. The van der Waals surface area contributed by atoms with Gasteiger partial charge >= 0.3 is 5.97 Å². The highest BCUT2D eigenvalue weighted by atomic mass is 32.1. The Bertz CT molecular complexity index is 710. The summed E-state index contributed by atoms with van der Waals surface area (Å²) in [6.07, 6.45) is 2.40. The number of ether oxygens (including phenoxy) is 1. The van der Waals surface area contributed by atoms with Crippen molar-refractivity contribution in [2.24, 2.45) is 5.41 Å². The fourth-order valence-electron chi connectivity index (χ4n) is 2.17. The first kappa shape index (κ1) is 12.9. The number of esters is 1. The van der Waals surface area contributed by atoms with E-state index in [0.29, 0.717) is 23.6 Å². The molecule has 0 aliphatic heterocycles. The topological polar surface area (TPSA) is 76.1 Å². The number of anilines is 1. The molecule has 102 valence electrons. The summed E-state index contributed by atoms with van der Waals surface area (Å²) in [5.74, 6) is -0.311. The minimum Gasteiger partial charge on any atom is -0.461 e. The van der Waals surface area contributed by atoms with Crippen LogP contribution in [0.3, 0.4) is 0 Å². The normalized spacial score (nSPS) is 15.8. The molecule has 2 N–H and O–H groups in total. The van der Waals surface area contributed by atoms with Gasteiger partial charge in [0.25, 0.3) is 0 Å². The van der Waals surface area contributed by atoms with Crippen molar-refractivity contribution in [1.29, 1.82) is 5.26 Å². The summed E-state index contributed by atoms with van der Waals surface area (Å²) in [5, 5.41) is 9.70. The Morgan fingerprint density at radius 3 is 2.95 bits per heavy atom. The maximum Gasteiger partial charge on any atom is 0.348 e. The first-order valence-corrected chi connectivity index (χ1v) is 7.27. The van der Waals surface area contributed by atoms with Crippen LogP contribution in [0.2, 0.25) is 0 Å². The number of thiophene rings is 1. The number of benzene rings is 1. The minimum atomic E-state index is -0.311. The van der Waals surface area contributed by atoms with Crippen LogP contribution in [-0.2, 0) is 4.74 Å². The Labute approximate surface area is 120 Å². The van der Waals surface area contributed by atoms with Gasteiger partial charge in [0.05, 0.1) is 12.7 Å². The largest absolute Gasteiger partial charge is 0.461 e. The molecule has 4 nitrogen and oxygen atoms in total. The molecule has 0 radical (unpaired) electrons. The van der Waals surface area contributed by atoms with Crippen LogP contribution in [0.25, 0.3) is 10.1 Å². The number of nitrogens with zero attached hydrogens (tertiary/aromatic N) is 1. The zero-order valence-corrected chi connectivity index (χ0v) is 11.7. The van der Waals surface area contributed by atoms with Gasteiger partial charge in [-0.3, -0.25) is 0 Å². The standard InChI is InChI=1S/C15H14N2O2S/c16-6-5-15(3-4-15)9-19-14(18)13-8-10-7-11(17)1-2-12(10)20-13/h1-2,7-8H,3-5,9,17H2. The van der Waals surface area contributed by atoms with E-state index < -0.39 is 0 Å². The molecule has 1 fully saturated rings. The first-order valence-electron chi connectivity index (χ1n) is 6.45. The summed E-state index contributed by atoms with van der Waals surface area (Å²) in [7, 11) is 0. The Morgan fingerprint density at radius 2 is 2.25 bits per heavy atom. The zero-order chi connectivity index (χ0) is 14.2. The van der Waals surface area contributed by atoms with Crippen molar-refractivity contribution in [3.05, 3.63) is 29.1 Å². The van der Waals surface area contributed by atoms with E-state index in [1.54, 1.807) is 0 Å². The van der Waals surface area contributed by atoms with Crippen LogP contribution in [0.5, 0.6) is 0 Å². The number of hydrogen-bond acceptors (Lipinski definition) is 5. The lowest BCUT2D eigenvalue weighted by Gasteiger charge is -2.10. The lowest BCUT2D eigenvalue weighted by Crippen LogP contribution is -2.14. The quantitative estimate of drug-likeness (QED) is 0.691. The third kappa shape index (κ3) is 2.47. The molecule has 3 rings (SSSR count). The van der Waals surface area contributed by atoms with Crippen molar-refractivity contribution in [3.63, 3.8) is 0 Å². The highest BCUT2D eigenvalue weighted by Gasteiger charge is 2.43. The number of fused-ring (bicyclic) bond motifs is 1. The number of nitriles is 1. The number of hydrogen-bond donors (Lipinski definition) is 1. The minimum absolute atomic E-state index is 0.0779. The van der Waals surface area contributed by atoms with Crippen molar-refractivity contribution in [3.8, 4) is 6.07 Å². The smallest absolute Gasteiger partial charge is 0.348 e. The van der Waals surface area contributed by atoms with Gasteiger partial charge in [0, 0.05) is 22.2 Å². The Morgan fingerprint density at radius 1 is 1.45 bits per heavy atom. The molecule has 1 saturated carbocycles. The predicted molar refractivity (Wildman–Crippen MR) is 78.4 cm³/mol. The molecule has 0 unspecified atom stereocenters. The second kappa shape index (κ2) is 4.80. The van der Waals surface area contributed by atoms with E-state index in [4.69, 9.17) is 15.7 Å². The number of nitrogen functional groups attached to an aromatic ring is 1. The fraction of sp³-hybridized carbons (Fsp3) is 0.333. The van der Waals surface area contributed by atoms with E-state index in [9.17, 15) is 4.79 Å². The average Bonchev–Trinajstić information content (AvgIpc) is 3.06. The van der Waals surface area contributed by atoms with Gasteiger partial charge in [-0.25, -0.2) is 4.79 Å². The summed E-state index contributed by atoms with van der Waals surface area (Å²) < 4.78 is 6.37. The van der Waals surface area contributed by atoms with Crippen molar-refractivity contribution in [1.82, 2.24) is 0 Å². The van der Waals surface area contributed by atoms with Gasteiger partial charge in [-0.1, -0.05) is 0 Å². The summed E-state index contributed by atoms with van der Waals surface area (Å²) in [5.41, 5.74) is 6.33. The molecule has 2 aromatic rings. The molecule has 0 bridgehead atoms. The van der Waals surface area contributed by atoms with Crippen LogP contribution < -0.4 is 5.73 Å². The molecular weight excluding hydrogens is 272 g/mol. The second-order valence-electron chi connectivity index (χ2n) is 5.32. The van der Waals surface area contributed by atoms with Crippen molar-refractivity contribution in [2.75, 3.05) is 12.3 Å². The summed E-state index contributed by atoms with van der Waals surface area (Å²) in [6, 6.07) is 9.54. The molecule has 0 saturated heterocycles. The zero-order valence-electron chi connectivity index (χ0n) is 10.9. The van der Waals surface area contributed by atoms with Crippen molar-refractivity contribution >= 4 is 33.1 Å². The average molecular weight is 286 g/mol. The molecule has 0 atom stereocenters. The SMILES string of the molecule is N#CCC1(COC(=O)c2cc3cc(N)ccc3s2)CC1. The fourth-order valence-corrected chi connectivity index (χ4v) is 3.11. The van der Waals surface area contributed by atoms with E-state index in [-0.39, 0.29) is 11.4 Å². The predicted octanol–water partition coefficient (Wildman–Crippen LogP) is 3.33. The van der Waals surface area contributed by atoms with Crippen LogP contribution in [0.4, 0.5) is 5.69 Å². The molecule has 20 heavy (non-hydrogen) atoms. The Hall–Kier alpha value is -2.06. The Kier molecular flexibility index (Phi) is 3.11. The van der Waals surface area contributed by atoms with E-state index in [1.165, 1.54) is 11.3 Å². The molecule has 1 aliphatic rings. The van der Waals surface area contributed by atoms with Crippen LogP contribution in [0.1, 0.15) is 28.9 Å². The van der Waals surface area contributed by atoms with E-state index in [0.717, 1.165) is 22.9 Å². The van der Waals surface area contributed by atoms with Crippen LogP contribution in [-0.4, -0.2) is 12.6 Å². The van der Waals surface area contributed by atoms with Crippen molar-refractivity contribution in [2.45, 2.75) is 19.3 Å². The molecule has 0 spiro atoms. The van der Waals surface area contributed by atoms with Crippen LogP contribution >= 0.6 is 11.3 Å². The molecule has 1 heterocycles. The third-order valence-corrected chi connectivity index (χ3v) is 4.76. The lowest BCUT2D eigenvalue weighted by atomic mass is 10.1. The van der Waals surface area contributed by atoms with Gasteiger partial charge < -0.3 is 10.5 Å². The number of rotatable bonds is 4. The van der Waals surface area contributed by atoms with E-state index in [1.807, 2.05) is 24.3 Å². The Balaban J connectivity index is 1.71. The molecule has 1 aliphatic carbocycles. The molecular formula is C15H14N2O2S. The molecule has 1 aromatic carbocycles. The molecule has 5 heteroatoms. The first-order chi connectivity index (χ1) is 9.62. The third-order valence-electron chi connectivity index (χ3n) is 3.66. The van der Waals surface area contributed by atoms with E-state index >= 15 is 0 Å². The van der Waals surface area contributed by atoms with Gasteiger partial charge in [0.15, 0.2) is 0 Å². The van der Waals surface area contributed by atoms with Gasteiger partial charge in [-0.15, -0.1) is 11.3 Å². The number of nitrogens with two attached hydrogens (primary N) is 1. The van der Waals surface area contributed by atoms with Crippen LogP contribution in [0, 0.1) is 16.7 Å². The van der Waals surface area contributed by atoms with E-state index in [2.05, 4.69) is 6.07 Å². The monoisotopic (exact) mass is 286 g/mol. The van der Waals surface area contributed by atoms with Crippen molar-refractivity contribution < 1.29 is 9.53 Å². The maximum atomic E-state index is 12.1. The van der Waals surface area contributed by atoms with Crippen LogP contribution in [0.15, 0.2) is 24.3 Å². The van der Waals surface area contributed by atoms with Gasteiger partial charge in [0.1, 0.15) is 4.88 Å². The van der Waals surface area contributed by atoms with Gasteiger partial charge in [-0.2, -0.15) is 5.26 Å². The highest BCUT2D eigenvalue weighted by molar-refractivity contribution is 7.20. The highest BCUT2D eigenvalue weighted by Crippen LogP contribution is 2.48. The summed E-state index contributed by atoms with van der Waals surface area (Å²) in [4.78, 5) is 12.6. The van der Waals surface area contributed by atoms with Gasteiger partial charge in [-0.05, 0) is 42.5 Å². The number of carbonyl (C=O) groups is 1.